The molecule has 0 bridgehead atoms. The smallest absolute Gasteiger partial charge is 0.326 e. The van der Waals surface area contributed by atoms with E-state index in [1.807, 2.05) is 18.2 Å². The number of hydrogen-bond acceptors (Lipinski definition) is 5. The van der Waals surface area contributed by atoms with Crippen LogP contribution in [0.5, 0.6) is 5.75 Å². The molecule has 0 saturated heterocycles. The lowest BCUT2D eigenvalue weighted by molar-refractivity contribution is -0.141. The zero-order valence-electron chi connectivity index (χ0n) is 16.2. The lowest BCUT2D eigenvalue weighted by atomic mass is 9.90. The normalized spacial score (nSPS) is 15.6. The van der Waals surface area contributed by atoms with E-state index >= 15 is 0 Å². The Kier molecular flexibility index (Phi) is 5.60. The van der Waals surface area contributed by atoms with Gasteiger partial charge in [-0.15, -0.1) is 0 Å². The maximum absolute atomic E-state index is 12.5. The van der Waals surface area contributed by atoms with Gasteiger partial charge in [0.15, 0.2) is 12.4 Å². The summed E-state index contributed by atoms with van der Waals surface area (Å²) in [4.78, 5) is 38.5. The molecule has 1 aliphatic heterocycles. The van der Waals surface area contributed by atoms with Crippen molar-refractivity contribution in [1.82, 2.24) is 0 Å². The molecule has 2 aliphatic rings. The predicted octanol–water partition coefficient (Wildman–Crippen LogP) is 3.11. The third kappa shape index (κ3) is 4.31. The first-order chi connectivity index (χ1) is 14.1. The van der Waals surface area contributed by atoms with Crippen LogP contribution in [0.25, 0.3) is 0 Å². The largest absolute Gasteiger partial charge is 0.491 e. The van der Waals surface area contributed by atoms with E-state index in [2.05, 4.69) is 0 Å². The van der Waals surface area contributed by atoms with E-state index in [4.69, 9.17) is 9.47 Å². The maximum atomic E-state index is 12.5. The molecule has 0 saturated carbocycles. The van der Waals surface area contributed by atoms with Crippen molar-refractivity contribution in [3.05, 3.63) is 59.2 Å². The summed E-state index contributed by atoms with van der Waals surface area (Å²) in [5.41, 5.74) is 3.60. The monoisotopic (exact) mass is 393 g/mol. The molecule has 1 aliphatic carbocycles. The average molecular weight is 393 g/mol. The van der Waals surface area contributed by atoms with Gasteiger partial charge in [-0.3, -0.25) is 19.3 Å². The summed E-state index contributed by atoms with van der Waals surface area (Å²) in [5.74, 6) is -0.525. The highest BCUT2D eigenvalue weighted by molar-refractivity contribution is 6.01. The Bertz CT molecular complexity index is 952. The second-order valence-electron chi connectivity index (χ2n) is 7.32. The molecule has 0 fully saturated rings. The van der Waals surface area contributed by atoms with Crippen LogP contribution in [0.15, 0.2) is 42.5 Å². The summed E-state index contributed by atoms with van der Waals surface area (Å²) in [6, 6.07) is 12.8. The van der Waals surface area contributed by atoms with Crippen LogP contribution in [-0.4, -0.2) is 37.4 Å². The Morgan fingerprint density at radius 3 is 2.66 bits per heavy atom. The van der Waals surface area contributed by atoms with Crippen molar-refractivity contribution in [1.29, 1.82) is 0 Å². The molecule has 1 amide bonds. The number of Topliss-reactive ketones (excluding diaryl/α,β-unsaturated/α-hetero) is 1. The third-order valence-corrected chi connectivity index (χ3v) is 5.35. The number of fused-ring (bicyclic) bond motifs is 2. The van der Waals surface area contributed by atoms with E-state index in [0.29, 0.717) is 17.0 Å². The minimum absolute atomic E-state index is 0.177. The van der Waals surface area contributed by atoms with Crippen LogP contribution in [0.3, 0.4) is 0 Å². The van der Waals surface area contributed by atoms with Gasteiger partial charge in [0.25, 0.3) is 0 Å². The topological polar surface area (TPSA) is 72.9 Å². The molecule has 0 atom stereocenters. The third-order valence-electron chi connectivity index (χ3n) is 5.35. The predicted molar refractivity (Wildman–Crippen MR) is 107 cm³/mol. The molecule has 0 N–H and O–H groups in total. The SMILES string of the molecule is O=C(CN1C(=O)CCOc2ccccc21)OCC(=O)c1ccc2c(c1)CCCC2. The van der Waals surface area contributed by atoms with Crippen LogP contribution in [0, 0.1) is 0 Å². The molecule has 150 valence electrons. The lowest BCUT2D eigenvalue weighted by Gasteiger charge is -2.20. The van der Waals surface area contributed by atoms with Crippen molar-refractivity contribution >= 4 is 23.3 Å². The van der Waals surface area contributed by atoms with Gasteiger partial charge in [-0.25, -0.2) is 0 Å². The van der Waals surface area contributed by atoms with Crippen LogP contribution >= 0.6 is 0 Å². The zero-order chi connectivity index (χ0) is 20.2. The van der Waals surface area contributed by atoms with Gasteiger partial charge >= 0.3 is 5.97 Å². The fraction of sp³-hybridized carbons (Fsp3) is 0.348. The van der Waals surface area contributed by atoms with Gasteiger partial charge in [0.2, 0.25) is 5.91 Å². The van der Waals surface area contributed by atoms with Crippen molar-refractivity contribution in [2.45, 2.75) is 32.1 Å². The molecule has 2 aromatic rings. The van der Waals surface area contributed by atoms with Gasteiger partial charge in [0.1, 0.15) is 12.3 Å². The summed E-state index contributed by atoms with van der Waals surface area (Å²) < 4.78 is 10.7. The highest BCUT2D eigenvalue weighted by atomic mass is 16.5. The lowest BCUT2D eigenvalue weighted by Crippen LogP contribution is -2.36. The Morgan fingerprint density at radius 2 is 1.79 bits per heavy atom. The van der Waals surface area contributed by atoms with Crippen molar-refractivity contribution in [3.8, 4) is 5.75 Å². The number of esters is 1. The van der Waals surface area contributed by atoms with Crippen molar-refractivity contribution in [2.24, 2.45) is 0 Å². The summed E-state index contributed by atoms with van der Waals surface area (Å²) in [5, 5.41) is 0. The molecule has 0 spiro atoms. The van der Waals surface area contributed by atoms with E-state index in [-0.39, 0.29) is 37.9 Å². The minimum atomic E-state index is -0.624. The van der Waals surface area contributed by atoms with Gasteiger partial charge in [-0.05, 0) is 55.0 Å². The van der Waals surface area contributed by atoms with E-state index in [1.165, 1.54) is 22.4 Å². The van der Waals surface area contributed by atoms with Crippen LogP contribution < -0.4 is 9.64 Å². The number of para-hydroxylation sites is 2. The van der Waals surface area contributed by atoms with E-state index in [0.717, 1.165) is 19.3 Å². The highest BCUT2D eigenvalue weighted by Crippen LogP contribution is 2.30. The minimum Gasteiger partial charge on any atom is -0.491 e. The number of nitrogens with zero attached hydrogens (tertiary/aromatic N) is 1. The fourth-order valence-corrected chi connectivity index (χ4v) is 3.80. The van der Waals surface area contributed by atoms with E-state index in [9.17, 15) is 14.4 Å². The van der Waals surface area contributed by atoms with Gasteiger partial charge in [-0.2, -0.15) is 0 Å². The maximum Gasteiger partial charge on any atom is 0.326 e. The standard InChI is InChI=1S/C23H23NO5/c25-20(18-10-9-16-5-1-2-6-17(16)13-18)15-29-23(27)14-24-19-7-3-4-8-21(19)28-12-11-22(24)26/h3-4,7-10,13H,1-2,5-6,11-12,14-15H2. The number of ether oxygens (including phenoxy) is 2. The molecule has 0 aromatic heterocycles. The molecule has 1 heterocycles. The Balaban J connectivity index is 1.39. The van der Waals surface area contributed by atoms with Gasteiger partial charge in [-0.1, -0.05) is 24.3 Å². The number of ketones is 1. The number of hydrogen-bond donors (Lipinski definition) is 0. The second kappa shape index (κ2) is 8.47. The van der Waals surface area contributed by atoms with Crippen molar-refractivity contribution in [2.75, 3.05) is 24.7 Å². The molecule has 4 rings (SSSR count). The number of carbonyl (C=O) groups excluding carboxylic acids is 3. The van der Waals surface area contributed by atoms with E-state index in [1.54, 1.807) is 24.3 Å². The molecule has 6 nitrogen and oxygen atoms in total. The van der Waals surface area contributed by atoms with E-state index < -0.39 is 5.97 Å². The Morgan fingerprint density at radius 1 is 1.00 bits per heavy atom. The molecule has 29 heavy (non-hydrogen) atoms. The number of carbonyl (C=O) groups is 3. The number of anilines is 1. The van der Waals surface area contributed by atoms with Gasteiger partial charge in [0, 0.05) is 5.56 Å². The number of aryl methyl sites for hydroxylation is 2. The number of rotatable bonds is 5. The van der Waals surface area contributed by atoms with Crippen molar-refractivity contribution in [3.63, 3.8) is 0 Å². The number of benzene rings is 2. The molecule has 2 aromatic carbocycles. The van der Waals surface area contributed by atoms with Crippen LogP contribution in [0.4, 0.5) is 5.69 Å². The highest BCUT2D eigenvalue weighted by Gasteiger charge is 2.26. The van der Waals surface area contributed by atoms with Gasteiger partial charge in [0.05, 0.1) is 18.7 Å². The Hall–Kier alpha value is -3.15. The Labute approximate surface area is 169 Å². The first-order valence-electron chi connectivity index (χ1n) is 9.94. The van der Waals surface area contributed by atoms with Crippen LogP contribution in [0.1, 0.15) is 40.7 Å². The second-order valence-corrected chi connectivity index (χ2v) is 7.32. The van der Waals surface area contributed by atoms with Crippen LogP contribution in [-0.2, 0) is 27.2 Å². The summed E-state index contributed by atoms with van der Waals surface area (Å²) >= 11 is 0. The number of amides is 1. The van der Waals surface area contributed by atoms with Gasteiger partial charge < -0.3 is 9.47 Å². The summed E-state index contributed by atoms with van der Waals surface area (Å²) in [7, 11) is 0. The first-order valence-corrected chi connectivity index (χ1v) is 9.94. The molecular weight excluding hydrogens is 370 g/mol. The molecule has 0 radical (unpaired) electrons. The molecule has 6 heteroatoms. The summed E-state index contributed by atoms with van der Waals surface area (Å²) in [6.45, 7) is -0.327. The summed E-state index contributed by atoms with van der Waals surface area (Å²) in [6.07, 6.45) is 4.52. The van der Waals surface area contributed by atoms with Crippen molar-refractivity contribution < 1.29 is 23.9 Å². The quantitative estimate of drug-likeness (QED) is 0.577. The van der Waals surface area contributed by atoms with Crippen LogP contribution in [0.2, 0.25) is 0 Å². The zero-order valence-corrected chi connectivity index (χ0v) is 16.2. The molecule has 0 unspecified atom stereocenters. The fourth-order valence-electron chi connectivity index (χ4n) is 3.80. The first kappa shape index (κ1) is 19.2. The molecular formula is C23H23NO5. The average Bonchev–Trinajstić information content (AvgIpc) is 2.90.